The Morgan fingerprint density at radius 1 is 0.929 bits per heavy atom. The lowest BCUT2D eigenvalue weighted by Gasteiger charge is -2.10. The van der Waals surface area contributed by atoms with Crippen molar-refractivity contribution >= 4 is 66.9 Å². The van der Waals surface area contributed by atoms with E-state index in [2.05, 4.69) is 48.0 Å². The number of para-hydroxylation sites is 1. The van der Waals surface area contributed by atoms with Gasteiger partial charge in [-0.3, -0.25) is 25.2 Å². The highest BCUT2D eigenvalue weighted by Gasteiger charge is 2.11. The molecule has 0 fully saturated rings. The molecule has 0 unspecified atom stereocenters. The Hall–Kier alpha value is -2.10. The summed E-state index contributed by atoms with van der Waals surface area (Å²) in [5, 5.41) is 3.02. The van der Waals surface area contributed by atoms with E-state index < -0.39 is 11.8 Å². The zero-order valence-electron chi connectivity index (χ0n) is 14.4. The number of amides is 3. The normalized spacial score (nSPS) is 10.1. The first-order valence-electron chi connectivity index (χ1n) is 8.05. The molecule has 0 saturated heterocycles. The number of hydrogen-bond donors (Lipinski definition) is 3. The van der Waals surface area contributed by atoms with Gasteiger partial charge >= 0.3 is 0 Å². The molecule has 2 aromatic rings. The van der Waals surface area contributed by atoms with Crippen LogP contribution in [0.15, 0.2) is 51.4 Å². The lowest BCUT2D eigenvalue weighted by molar-refractivity contribution is -0.130. The Bertz CT molecular complexity index is 880. The first-order chi connectivity index (χ1) is 13.3. The molecule has 0 radical (unpaired) electrons. The molecule has 0 atom stereocenters. The maximum Gasteiger partial charge on any atom is 0.276 e. The van der Waals surface area contributed by atoms with Crippen molar-refractivity contribution in [3.63, 3.8) is 0 Å². The van der Waals surface area contributed by atoms with E-state index in [0.717, 1.165) is 4.47 Å². The largest absolute Gasteiger partial charge is 0.483 e. The topological polar surface area (TPSA) is 96.5 Å². The van der Waals surface area contributed by atoms with Crippen LogP contribution in [0.3, 0.4) is 0 Å². The van der Waals surface area contributed by atoms with Crippen LogP contribution in [-0.4, -0.2) is 24.3 Å². The molecule has 7 nitrogen and oxygen atoms in total. The Morgan fingerprint density at radius 2 is 1.61 bits per heavy atom. The molecule has 0 bridgehead atoms. The fraction of sp³-hybridized carbons (Fsp3) is 0.167. The molecule has 28 heavy (non-hydrogen) atoms. The van der Waals surface area contributed by atoms with Crippen molar-refractivity contribution in [3.05, 3.63) is 56.4 Å². The number of benzene rings is 2. The van der Waals surface area contributed by atoms with Crippen LogP contribution in [0.2, 0.25) is 5.02 Å². The van der Waals surface area contributed by atoms with E-state index in [-0.39, 0.29) is 25.4 Å². The van der Waals surface area contributed by atoms with Crippen molar-refractivity contribution in [1.82, 2.24) is 10.9 Å². The van der Waals surface area contributed by atoms with Crippen LogP contribution in [0, 0.1) is 0 Å². The third kappa shape index (κ3) is 7.49. The van der Waals surface area contributed by atoms with Gasteiger partial charge in [-0.05, 0) is 46.3 Å². The molecule has 10 heteroatoms. The number of hydrazine groups is 1. The highest BCUT2D eigenvalue weighted by molar-refractivity contribution is 9.11. The van der Waals surface area contributed by atoms with Crippen molar-refractivity contribution in [1.29, 1.82) is 0 Å². The third-order valence-electron chi connectivity index (χ3n) is 3.32. The van der Waals surface area contributed by atoms with Crippen LogP contribution in [0.4, 0.5) is 5.69 Å². The molecule has 3 N–H and O–H groups in total. The standard InChI is InChI=1S/C18H16Br2ClN3O4/c19-11-5-6-15(12(20)9-11)28-10-18(27)24-23-17(26)8-7-16(25)22-14-4-2-1-3-13(14)21/h1-6,9H,7-8,10H2,(H,22,25)(H,23,26)(H,24,27). The summed E-state index contributed by atoms with van der Waals surface area (Å²) in [5.74, 6) is -0.921. The van der Waals surface area contributed by atoms with Gasteiger partial charge in [-0.25, -0.2) is 0 Å². The van der Waals surface area contributed by atoms with Gasteiger partial charge in [-0.1, -0.05) is 39.7 Å². The van der Waals surface area contributed by atoms with E-state index in [4.69, 9.17) is 16.3 Å². The zero-order valence-corrected chi connectivity index (χ0v) is 18.4. The van der Waals surface area contributed by atoms with Crippen LogP contribution >= 0.6 is 43.5 Å². The quantitative estimate of drug-likeness (QED) is 0.472. The molecule has 0 aromatic heterocycles. The fourth-order valence-corrected chi connectivity index (χ4v) is 3.32. The number of anilines is 1. The maximum atomic E-state index is 11.9. The Balaban J connectivity index is 1.66. The van der Waals surface area contributed by atoms with Gasteiger partial charge in [0.25, 0.3) is 5.91 Å². The smallest absolute Gasteiger partial charge is 0.276 e. The monoisotopic (exact) mass is 531 g/mol. The van der Waals surface area contributed by atoms with Gasteiger partial charge in [0.2, 0.25) is 11.8 Å². The first-order valence-corrected chi connectivity index (χ1v) is 10.0. The van der Waals surface area contributed by atoms with E-state index in [1.807, 2.05) is 0 Å². The summed E-state index contributed by atoms with van der Waals surface area (Å²) in [6.45, 7) is -0.284. The molecule has 2 aromatic carbocycles. The second kappa shape index (κ2) is 11.0. The van der Waals surface area contributed by atoms with Gasteiger partial charge in [0, 0.05) is 17.3 Å². The van der Waals surface area contributed by atoms with E-state index >= 15 is 0 Å². The van der Waals surface area contributed by atoms with Crippen LogP contribution in [0.1, 0.15) is 12.8 Å². The summed E-state index contributed by atoms with van der Waals surface area (Å²) in [6.07, 6.45) is -0.162. The minimum Gasteiger partial charge on any atom is -0.483 e. The molecule has 0 aliphatic carbocycles. The van der Waals surface area contributed by atoms with Gasteiger partial charge < -0.3 is 10.1 Å². The second-order valence-electron chi connectivity index (χ2n) is 5.49. The fourth-order valence-electron chi connectivity index (χ4n) is 1.98. The van der Waals surface area contributed by atoms with Crippen LogP contribution in [-0.2, 0) is 14.4 Å². The predicted octanol–water partition coefficient (Wildman–Crippen LogP) is 3.81. The molecule has 0 heterocycles. The molecule has 0 spiro atoms. The van der Waals surface area contributed by atoms with Crippen molar-refractivity contribution in [2.45, 2.75) is 12.8 Å². The lowest BCUT2D eigenvalue weighted by atomic mass is 10.2. The molecule has 0 aliphatic heterocycles. The highest BCUT2D eigenvalue weighted by Crippen LogP contribution is 2.28. The molecule has 148 valence electrons. The molecular weight excluding hydrogens is 517 g/mol. The van der Waals surface area contributed by atoms with Crippen LogP contribution in [0.5, 0.6) is 5.75 Å². The van der Waals surface area contributed by atoms with Gasteiger partial charge in [0.1, 0.15) is 5.75 Å². The number of carbonyl (C=O) groups excluding carboxylic acids is 3. The number of nitrogens with one attached hydrogen (secondary N) is 3. The van der Waals surface area contributed by atoms with Crippen molar-refractivity contribution in [2.24, 2.45) is 0 Å². The zero-order chi connectivity index (χ0) is 20.5. The predicted molar refractivity (Wildman–Crippen MR) is 113 cm³/mol. The highest BCUT2D eigenvalue weighted by atomic mass is 79.9. The SMILES string of the molecule is O=C(CCC(=O)Nc1ccccc1Cl)NNC(=O)COc1ccc(Br)cc1Br. The number of hydrogen-bond acceptors (Lipinski definition) is 4. The summed E-state index contributed by atoms with van der Waals surface area (Å²) in [5.41, 5.74) is 4.93. The van der Waals surface area contributed by atoms with Crippen molar-refractivity contribution in [3.8, 4) is 5.75 Å². The average molecular weight is 534 g/mol. The molecule has 0 saturated carbocycles. The first kappa shape index (κ1) is 22.2. The van der Waals surface area contributed by atoms with Gasteiger partial charge in [0.05, 0.1) is 15.2 Å². The minimum atomic E-state index is -0.538. The lowest BCUT2D eigenvalue weighted by Crippen LogP contribution is -2.44. The summed E-state index contributed by atoms with van der Waals surface area (Å²) < 4.78 is 6.90. The third-order valence-corrected chi connectivity index (χ3v) is 4.76. The molecule has 0 aliphatic rings. The van der Waals surface area contributed by atoms with Crippen molar-refractivity contribution < 1.29 is 19.1 Å². The van der Waals surface area contributed by atoms with Gasteiger partial charge in [0.15, 0.2) is 6.61 Å². The maximum absolute atomic E-state index is 11.9. The van der Waals surface area contributed by atoms with E-state index in [9.17, 15) is 14.4 Å². The molecule has 2 rings (SSSR count). The van der Waals surface area contributed by atoms with Crippen LogP contribution < -0.4 is 20.9 Å². The van der Waals surface area contributed by atoms with Crippen LogP contribution in [0.25, 0.3) is 0 Å². The number of carbonyl (C=O) groups is 3. The average Bonchev–Trinajstić information content (AvgIpc) is 2.66. The number of halogens is 3. The Labute approximate surface area is 183 Å². The van der Waals surface area contributed by atoms with Gasteiger partial charge in [-0.2, -0.15) is 0 Å². The summed E-state index contributed by atoms with van der Waals surface area (Å²) in [4.78, 5) is 35.4. The summed E-state index contributed by atoms with van der Waals surface area (Å²) in [6, 6.07) is 12.0. The molecular formula is C18H16Br2ClN3O4. The van der Waals surface area contributed by atoms with E-state index in [0.29, 0.717) is 20.9 Å². The van der Waals surface area contributed by atoms with Crippen molar-refractivity contribution in [2.75, 3.05) is 11.9 Å². The summed E-state index contributed by atoms with van der Waals surface area (Å²) in [7, 11) is 0. The Kier molecular flexibility index (Phi) is 8.75. The number of rotatable bonds is 7. The van der Waals surface area contributed by atoms with E-state index in [1.54, 1.807) is 42.5 Å². The summed E-state index contributed by atoms with van der Waals surface area (Å²) >= 11 is 12.6. The minimum absolute atomic E-state index is 0.0603. The Morgan fingerprint density at radius 3 is 2.32 bits per heavy atom. The second-order valence-corrected chi connectivity index (χ2v) is 7.67. The van der Waals surface area contributed by atoms with Gasteiger partial charge in [-0.15, -0.1) is 0 Å². The van der Waals surface area contributed by atoms with E-state index in [1.165, 1.54) is 0 Å². The number of ether oxygens (including phenoxy) is 1. The molecule has 3 amide bonds.